The van der Waals surface area contributed by atoms with E-state index in [9.17, 15) is 9.18 Å². The average Bonchev–Trinajstić information content (AvgIpc) is 3.16. The van der Waals surface area contributed by atoms with Crippen molar-refractivity contribution in [1.82, 2.24) is 9.97 Å². The number of hydrogen-bond donors (Lipinski definition) is 3. The minimum atomic E-state index is -0.858. The number of aliphatic carboxylic acids is 1. The number of benzene rings is 2. The minimum Gasteiger partial charge on any atom is -0.493 e. The van der Waals surface area contributed by atoms with Crippen LogP contribution in [-0.2, 0) is 11.2 Å². The Morgan fingerprint density at radius 3 is 2.72 bits per heavy atom. The topological polar surface area (TPSA) is 87.2 Å². The van der Waals surface area contributed by atoms with Crippen LogP contribution in [0.1, 0.15) is 18.4 Å². The van der Waals surface area contributed by atoms with Crippen molar-refractivity contribution < 1.29 is 19.0 Å². The molecular formula is C25H24FN3O3. The van der Waals surface area contributed by atoms with Crippen LogP contribution in [0, 0.1) is 5.82 Å². The molecule has 0 aliphatic heterocycles. The third-order valence-electron chi connectivity index (χ3n) is 5.16. The van der Waals surface area contributed by atoms with E-state index in [1.54, 1.807) is 18.3 Å². The van der Waals surface area contributed by atoms with E-state index in [1.165, 1.54) is 12.1 Å². The predicted molar refractivity (Wildman–Crippen MR) is 122 cm³/mol. The molecule has 3 N–H and O–H groups in total. The van der Waals surface area contributed by atoms with Gasteiger partial charge < -0.3 is 20.1 Å². The number of aromatic nitrogens is 2. The lowest BCUT2D eigenvalue weighted by atomic mass is 10.0. The fourth-order valence-electron chi connectivity index (χ4n) is 3.63. The van der Waals surface area contributed by atoms with E-state index in [-0.39, 0.29) is 12.2 Å². The molecule has 0 radical (unpaired) electrons. The van der Waals surface area contributed by atoms with Gasteiger partial charge in [0.15, 0.2) is 0 Å². The number of aryl methyl sites for hydroxylation is 1. The van der Waals surface area contributed by atoms with Gasteiger partial charge in [-0.2, -0.15) is 0 Å². The summed E-state index contributed by atoms with van der Waals surface area (Å²) in [5.41, 5.74) is 3.37. The van der Waals surface area contributed by atoms with Gasteiger partial charge in [-0.25, -0.2) is 9.37 Å². The fourth-order valence-corrected chi connectivity index (χ4v) is 3.63. The Morgan fingerprint density at radius 2 is 1.97 bits per heavy atom. The lowest BCUT2D eigenvalue weighted by molar-refractivity contribution is -0.136. The Kier molecular flexibility index (Phi) is 6.65. The van der Waals surface area contributed by atoms with Crippen LogP contribution < -0.4 is 10.1 Å². The molecule has 0 fully saturated rings. The van der Waals surface area contributed by atoms with Gasteiger partial charge in [0.1, 0.15) is 17.4 Å². The number of fused-ring (bicyclic) bond motifs is 1. The second-order valence-corrected chi connectivity index (χ2v) is 7.43. The molecule has 0 saturated carbocycles. The van der Waals surface area contributed by atoms with Crippen LogP contribution in [0.4, 0.5) is 10.2 Å². The Morgan fingerprint density at radius 1 is 1.12 bits per heavy atom. The standard InChI is InChI=1S/C25H24FN3O3/c26-18-7-5-17(6-8-18)25-21(11-12-24(30)31)20-10-9-19(16-22(20)29-25)32-15-3-14-28-23-4-1-2-13-27-23/h1-2,4-10,13,16,29H,3,11-12,14-15H2,(H,27,28)(H,30,31). The number of pyridine rings is 1. The molecule has 0 unspecified atom stereocenters. The highest BCUT2D eigenvalue weighted by molar-refractivity contribution is 5.92. The van der Waals surface area contributed by atoms with Crippen molar-refractivity contribution >= 4 is 22.7 Å². The molecule has 0 amide bonds. The van der Waals surface area contributed by atoms with Crippen LogP contribution >= 0.6 is 0 Å². The van der Waals surface area contributed by atoms with E-state index in [0.29, 0.717) is 13.0 Å². The van der Waals surface area contributed by atoms with E-state index in [1.807, 2.05) is 36.4 Å². The summed E-state index contributed by atoms with van der Waals surface area (Å²) in [4.78, 5) is 18.7. The average molecular weight is 433 g/mol. The maximum Gasteiger partial charge on any atom is 0.303 e. The summed E-state index contributed by atoms with van der Waals surface area (Å²) in [6, 6.07) is 17.7. The molecule has 0 saturated heterocycles. The van der Waals surface area contributed by atoms with Gasteiger partial charge in [0, 0.05) is 41.8 Å². The first-order chi connectivity index (χ1) is 15.6. The lowest BCUT2D eigenvalue weighted by Crippen LogP contribution is -2.08. The maximum absolute atomic E-state index is 13.4. The molecule has 0 atom stereocenters. The van der Waals surface area contributed by atoms with Crippen LogP contribution in [0.15, 0.2) is 66.9 Å². The zero-order valence-corrected chi connectivity index (χ0v) is 17.5. The van der Waals surface area contributed by atoms with Crippen LogP contribution in [0.25, 0.3) is 22.2 Å². The first kappa shape index (κ1) is 21.4. The highest BCUT2D eigenvalue weighted by atomic mass is 19.1. The summed E-state index contributed by atoms with van der Waals surface area (Å²) in [5.74, 6) is 0.392. The quantitative estimate of drug-likeness (QED) is 0.297. The largest absolute Gasteiger partial charge is 0.493 e. The minimum absolute atomic E-state index is 0.0165. The number of carboxylic acids is 1. The molecule has 0 spiro atoms. The summed E-state index contributed by atoms with van der Waals surface area (Å²) in [6.45, 7) is 1.29. The van der Waals surface area contributed by atoms with Gasteiger partial charge in [-0.3, -0.25) is 4.79 Å². The number of nitrogens with one attached hydrogen (secondary N) is 2. The van der Waals surface area contributed by atoms with Crippen LogP contribution in [0.2, 0.25) is 0 Å². The molecule has 2 heterocycles. The van der Waals surface area contributed by atoms with Crippen LogP contribution in [0.5, 0.6) is 5.75 Å². The molecule has 4 rings (SSSR count). The number of aromatic amines is 1. The van der Waals surface area contributed by atoms with Crippen molar-refractivity contribution in [2.24, 2.45) is 0 Å². The van der Waals surface area contributed by atoms with E-state index < -0.39 is 5.97 Å². The van der Waals surface area contributed by atoms with Gasteiger partial charge in [0.25, 0.3) is 0 Å². The molecule has 32 heavy (non-hydrogen) atoms. The van der Waals surface area contributed by atoms with Crippen molar-refractivity contribution in [2.45, 2.75) is 19.3 Å². The third-order valence-corrected chi connectivity index (χ3v) is 5.16. The number of anilines is 1. The Labute approximate surface area is 185 Å². The molecule has 4 aromatic rings. The summed E-state index contributed by atoms with van der Waals surface area (Å²) >= 11 is 0. The van der Waals surface area contributed by atoms with Gasteiger partial charge in [-0.05, 0) is 72.5 Å². The highest BCUT2D eigenvalue weighted by Crippen LogP contribution is 2.33. The van der Waals surface area contributed by atoms with Crippen molar-refractivity contribution in [3.05, 3.63) is 78.2 Å². The number of carboxylic acid groups (broad SMARTS) is 1. The SMILES string of the molecule is O=C(O)CCc1c(-c2ccc(F)cc2)[nH]c2cc(OCCCNc3ccccn3)ccc12. The van der Waals surface area contributed by atoms with Crippen molar-refractivity contribution in [3.63, 3.8) is 0 Å². The Hall–Kier alpha value is -3.87. The van der Waals surface area contributed by atoms with Crippen LogP contribution in [-0.4, -0.2) is 34.2 Å². The van der Waals surface area contributed by atoms with Crippen molar-refractivity contribution in [2.75, 3.05) is 18.5 Å². The number of nitrogens with zero attached hydrogens (tertiary/aromatic N) is 1. The second kappa shape index (κ2) is 9.96. The summed E-state index contributed by atoms with van der Waals surface area (Å²) < 4.78 is 19.3. The van der Waals surface area contributed by atoms with Gasteiger partial charge in [0.05, 0.1) is 6.61 Å². The molecule has 164 valence electrons. The van der Waals surface area contributed by atoms with Gasteiger partial charge in [0.2, 0.25) is 0 Å². The zero-order chi connectivity index (χ0) is 22.3. The molecule has 0 bridgehead atoms. The number of hydrogen-bond acceptors (Lipinski definition) is 4. The number of rotatable bonds is 10. The van der Waals surface area contributed by atoms with Gasteiger partial charge >= 0.3 is 5.97 Å². The first-order valence-corrected chi connectivity index (χ1v) is 10.5. The zero-order valence-electron chi connectivity index (χ0n) is 17.5. The van der Waals surface area contributed by atoms with E-state index in [2.05, 4.69) is 15.3 Å². The Bertz CT molecular complexity index is 1190. The molecule has 0 aliphatic carbocycles. The van der Waals surface area contributed by atoms with E-state index >= 15 is 0 Å². The van der Waals surface area contributed by atoms with E-state index in [4.69, 9.17) is 9.84 Å². The highest BCUT2D eigenvalue weighted by Gasteiger charge is 2.15. The predicted octanol–water partition coefficient (Wildman–Crippen LogP) is 5.27. The summed E-state index contributed by atoms with van der Waals surface area (Å²) in [6.07, 6.45) is 2.95. The normalized spacial score (nSPS) is 10.9. The number of H-pyrrole nitrogens is 1. The molecular weight excluding hydrogens is 409 g/mol. The number of carbonyl (C=O) groups is 1. The molecule has 2 aromatic carbocycles. The van der Waals surface area contributed by atoms with Gasteiger partial charge in [-0.1, -0.05) is 6.07 Å². The molecule has 7 heteroatoms. The molecule has 6 nitrogen and oxygen atoms in total. The maximum atomic E-state index is 13.4. The lowest BCUT2D eigenvalue weighted by Gasteiger charge is -2.08. The summed E-state index contributed by atoms with van der Waals surface area (Å²) in [5, 5.41) is 13.3. The second-order valence-electron chi connectivity index (χ2n) is 7.43. The number of ether oxygens (including phenoxy) is 1. The van der Waals surface area contributed by atoms with Gasteiger partial charge in [-0.15, -0.1) is 0 Å². The third kappa shape index (κ3) is 5.24. The molecule has 0 aliphatic rings. The smallest absolute Gasteiger partial charge is 0.303 e. The van der Waals surface area contributed by atoms with Crippen LogP contribution in [0.3, 0.4) is 0 Å². The van der Waals surface area contributed by atoms with E-state index in [0.717, 1.165) is 52.3 Å². The summed E-state index contributed by atoms with van der Waals surface area (Å²) in [7, 11) is 0. The first-order valence-electron chi connectivity index (χ1n) is 10.5. The fraction of sp³-hybridized carbons (Fsp3) is 0.200. The number of halogens is 1. The van der Waals surface area contributed by atoms with Crippen molar-refractivity contribution in [1.29, 1.82) is 0 Å². The Balaban J connectivity index is 1.47. The molecule has 2 aromatic heterocycles. The van der Waals surface area contributed by atoms with Crippen molar-refractivity contribution in [3.8, 4) is 17.0 Å². The monoisotopic (exact) mass is 433 g/mol.